The van der Waals surface area contributed by atoms with Crippen LogP contribution in [0, 0.1) is 0 Å². The van der Waals surface area contributed by atoms with Crippen LogP contribution in [0.1, 0.15) is 13.3 Å². The van der Waals surface area contributed by atoms with E-state index in [1.165, 1.54) is 7.11 Å². The number of nitrogens with one attached hydrogen (secondary N) is 1. The zero-order valence-corrected chi connectivity index (χ0v) is 7.98. The van der Waals surface area contributed by atoms with Crippen molar-refractivity contribution in [3.63, 3.8) is 0 Å². The summed E-state index contributed by atoms with van der Waals surface area (Å²) >= 11 is 0. The first kappa shape index (κ1) is 11.7. The maximum Gasteiger partial charge on any atom is 0.325 e. The van der Waals surface area contributed by atoms with Crippen LogP contribution in [0.15, 0.2) is 0 Å². The Bertz CT molecular complexity index is 176. The molecule has 0 radical (unpaired) electrons. The zero-order valence-electron chi connectivity index (χ0n) is 7.16. The number of aliphatic hydroxyl groups excluding tert-OH is 1. The van der Waals surface area contributed by atoms with Crippen LogP contribution in [0.25, 0.3) is 0 Å². The summed E-state index contributed by atoms with van der Waals surface area (Å²) in [6.45, 7) is 2.20. The fraction of sp³-hybridized carbons (Fsp3) is 0.857. The first-order valence-electron chi connectivity index (χ1n) is 3.60. The van der Waals surface area contributed by atoms with Crippen LogP contribution in [-0.4, -0.2) is 36.4 Å². The number of ether oxygens (including phenoxy) is 1. The number of carbonyl (C=O) groups excluding carboxylic acids is 1. The van der Waals surface area contributed by atoms with Gasteiger partial charge in [0.1, 0.15) is 5.54 Å². The van der Waals surface area contributed by atoms with E-state index in [2.05, 4.69) is 10.1 Å². The Morgan fingerprint density at radius 3 is 2.67 bits per heavy atom. The van der Waals surface area contributed by atoms with Gasteiger partial charge < -0.3 is 9.84 Å². The van der Waals surface area contributed by atoms with Gasteiger partial charge in [-0.3, -0.25) is 10.1 Å². The average molecular weight is 196 g/mol. The molecule has 1 aliphatic rings. The van der Waals surface area contributed by atoms with Crippen LogP contribution in [0.4, 0.5) is 0 Å². The van der Waals surface area contributed by atoms with Crippen molar-refractivity contribution in [1.29, 1.82) is 0 Å². The van der Waals surface area contributed by atoms with Gasteiger partial charge in [0, 0.05) is 13.0 Å². The minimum atomic E-state index is -0.686. The van der Waals surface area contributed by atoms with Gasteiger partial charge >= 0.3 is 5.97 Å². The molecular formula is C7H14ClNO3. The van der Waals surface area contributed by atoms with Crippen molar-refractivity contribution in [2.24, 2.45) is 0 Å². The molecule has 1 heterocycles. The molecule has 1 saturated heterocycles. The standard InChI is InChI=1S/C7H13NO3.ClH/c1-7(6(10)11-2)3-5(9)4-8-7;/h5,8-9H,3-4H2,1-2H3;1H/t5?,7-;/m1./s1. The van der Waals surface area contributed by atoms with Crippen LogP contribution >= 0.6 is 12.4 Å². The lowest BCUT2D eigenvalue weighted by atomic mass is 10.00. The van der Waals surface area contributed by atoms with Gasteiger partial charge in [-0.15, -0.1) is 12.4 Å². The predicted molar refractivity (Wildman–Crippen MR) is 46.3 cm³/mol. The molecule has 0 saturated carbocycles. The summed E-state index contributed by atoms with van der Waals surface area (Å²) in [6.07, 6.45) is -0.00116. The second-order valence-electron chi connectivity index (χ2n) is 3.06. The molecule has 2 atom stereocenters. The highest BCUT2D eigenvalue weighted by Crippen LogP contribution is 2.19. The summed E-state index contributed by atoms with van der Waals surface area (Å²) in [5.41, 5.74) is -0.686. The predicted octanol–water partition coefficient (Wildman–Crippen LogP) is -0.306. The minimum absolute atomic E-state index is 0. The maximum absolute atomic E-state index is 11.1. The van der Waals surface area contributed by atoms with Crippen LogP contribution in [0.3, 0.4) is 0 Å². The minimum Gasteiger partial charge on any atom is -0.468 e. The van der Waals surface area contributed by atoms with E-state index in [0.29, 0.717) is 13.0 Å². The van der Waals surface area contributed by atoms with Gasteiger partial charge in [0.2, 0.25) is 0 Å². The molecule has 0 aromatic carbocycles. The third-order valence-electron chi connectivity index (χ3n) is 2.01. The number of esters is 1. The molecule has 1 unspecified atom stereocenters. The molecule has 4 nitrogen and oxygen atoms in total. The number of halogens is 1. The Morgan fingerprint density at radius 2 is 2.33 bits per heavy atom. The molecule has 72 valence electrons. The highest BCUT2D eigenvalue weighted by atomic mass is 35.5. The third-order valence-corrected chi connectivity index (χ3v) is 2.01. The largest absolute Gasteiger partial charge is 0.468 e. The quantitative estimate of drug-likeness (QED) is 0.564. The second-order valence-corrected chi connectivity index (χ2v) is 3.06. The van der Waals surface area contributed by atoms with Crippen LogP contribution in [0.5, 0.6) is 0 Å². The fourth-order valence-electron chi connectivity index (χ4n) is 1.34. The number of methoxy groups -OCH3 is 1. The Morgan fingerprint density at radius 1 is 1.75 bits per heavy atom. The van der Waals surface area contributed by atoms with Crippen molar-refractivity contribution < 1.29 is 14.6 Å². The Labute approximate surface area is 77.7 Å². The van der Waals surface area contributed by atoms with E-state index < -0.39 is 11.6 Å². The summed E-state index contributed by atoms with van der Waals surface area (Å²) in [4.78, 5) is 11.1. The summed E-state index contributed by atoms with van der Waals surface area (Å²) in [5, 5.41) is 12.0. The lowest BCUT2D eigenvalue weighted by Crippen LogP contribution is -2.45. The number of hydrogen-bond acceptors (Lipinski definition) is 4. The summed E-state index contributed by atoms with van der Waals surface area (Å²) in [6, 6.07) is 0. The van der Waals surface area contributed by atoms with Gasteiger partial charge in [-0.1, -0.05) is 0 Å². The molecule has 0 amide bonds. The van der Waals surface area contributed by atoms with Crippen molar-refractivity contribution in [2.45, 2.75) is 25.0 Å². The fourth-order valence-corrected chi connectivity index (χ4v) is 1.34. The van der Waals surface area contributed by atoms with E-state index in [-0.39, 0.29) is 18.4 Å². The van der Waals surface area contributed by atoms with Crippen LogP contribution in [0.2, 0.25) is 0 Å². The van der Waals surface area contributed by atoms with E-state index in [4.69, 9.17) is 5.11 Å². The Hall–Kier alpha value is -0.320. The molecule has 12 heavy (non-hydrogen) atoms. The molecule has 0 aliphatic carbocycles. The van der Waals surface area contributed by atoms with Gasteiger partial charge in [0.05, 0.1) is 13.2 Å². The zero-order chi connectivity index (χ0) is 8.48. The smallest absolute Gasteiger partial charge is 0.325 e. The summed E-state index contributed by atoms with van der Waals surface area (Å²) < 4.78 is 4.57. The Balaban J connectivity index is 0.00000121. The maximum atomic E-state index is 11.1. The van der Waals surface area contributed by atoms with Crippen molar-refractivity contribution >= 4 is 18.4 Å². The molecular weight excluding hydrogens is 182 g/mol. The van der Waals surface area contributed by atoms with Gasteiger partial charge in [-0.05, 0) is 6.92 Å². The normalized spacial score (nSPS) is 34.1. The molecule has 0 aromatic rings. The number of rotatable bonds is 1. The highest BCUT2D eigenvalue weighted by Gasteiger charge is 2.41. The van der Waals surface area contributed by atoms with E-state index in [1.807, 2.05) is 0 Å². The lowest BCUT2D eigenvalue weighted by Gasteiger charge is -2.19. The average Bonchev–Trinajstić information content (AvgIpc) is 2.31. The monoisotopic (exact) mass is 195 g/mol. The van der Waals surface area contributed by atoms with Gasteiger partial charge in [-0.25, -0.2) is 0 Å². The van der Waals surface area contributed by atoms with Gasteiger partial charge in [0.25, 0.3) is 0 Å². The molecule has 2 N–H and O–H groups in total. The lowest BCUT2D eigenvalue weighted by molar-refractivity contribution is -0.147. The Kier molecular flexibility index (Phi) is 3.96. The molecule has 1 fully saturated rings. The summed E-state index contributed by atoms with van der Waals surface area (Å²) in [5.74, 6) is -0.311. The number of aliphatic hydroxyl groups is 1. The number of hydrogen-bond donors (Lipinski definition) is 2. The van der Waals surface area contributed by atoms with E-state index >= 15 is 0 Å². The van der Waals surface area contributed by atoms with Crippen LogP contribution in [-0.2, 0) is 9.53 Å². The van der Waals surface area contributed by atoms with Crippen molar-refractivity contribution in [2.75, 3.05) is 13.7 Å². The molecule has 0 bridgehead atoms. The van der Waals surface area contributed by atoms with Crippen molar-refractivity contribution in [3.05, 3.63) is 0 Å². The molecule has 5 heteroatoms. The van der Waals surface area contributed by atoms with Gasteiger partial charge in [-0.2, -0.15) is 0 Å². The molecule has 1 aliphatic heterocycles. The highest BCUT2D eigenvalue weighted by molar-refractivity contribution is 5.85. The van der Waals surface area contributed by atoms with E-state index in [1.54, 1.807) is 6.92 Å². The van der Waals surface area contributed by atoms with Crippen molar-refractivity contribution in [1.82, 2.24) is 5.32 Å². The number of β-amino-alcohol motifs (C(OH)–C–C–N with tert-alkyl or cyclic N) is 1. The van der Waals surface area contributed by atoms with Crippen molar-refractivity contribution in [3.8, 4) is 0 Å². The summed E-state index contributed by atoms with van der Waals surface area (Å²) in [7, 11) is 1.35. The second kappa shape index (κ2) is 4.07. The van der Waals surface area contributed by atoms with E-state index in [0.717, 1.165) is 0 Å². The first-order chi connectivity index (χ1) is 5.08. The first-order valence-corrected chi connectivity index (χ1v) is 3.60. The molecule has 1 rings (SSSR count). The van der Waals surface area contributed by atoms with Crippen LogP contribution < -0.4 is 5.32 Å². The molecule has 0 spiro atoms. The van der Waals surface area contributed by atoms with E-state index in [9.17, 15) is 4.79 Å². The number of carbonyl (C=O) groups is 1. The molecule has 0 aromatic heterocycles. The topological polar surface area (TPSA) is 58.6 Å². The third kappa shape index (κ3) is 2.09. The SMILES string of the molecule is COC(=O)[C@@]1(C)CC(O)CN1.Cl. The van der Waals surface area contributed by atoms with Gasteiger partial charge in [0.15, 0.2) is 0 Å².